The van der Waals surface area contributed by atoms with Crippen molar-refractivity contribution >= 4 is 5.91 Å². The van der Waals surface area contributed by atoms with Crippen molar-refractivity contribution in [1.82, 2.24) is 9.64 Å². The van der Waals surface area contributed by atoms with E-state index in [2.05, 4.69) is 0 Å². The molecule has 1 aliphatic rings. The van der Waals surface area contributed by atoms with E-state index in [1.807, 2.05) is 0 Å². The Bertz CT molecular complexity index is 914. The van der Waals surface area contributed by atoms with Gasteiger partial charge in [0.2, 0.25) is 5.76 Å². The number of benzene rings is 1. The average molecular weight is 384 g/mol. The minimum Gasteiger partial charge on any atom is -0.371 e. The number of hydrogen-bond donors (Lipinski definition) is 0. The van der Waals surface area contributed by atoms with Crippen molar-refractivity contribution in [1.29, 1.82) is 0 Å². The highest BCUT2D eigenvalue weighted by Crippen LogP contribution is 2.35. The molecular weight excluding hydrogens is 365 g/mol. The first-order valence-corrected chi connectivity index (χ1v) is 8.28. The lowest BCUT2D eigenvalue weighted by Gasteiger charge is -2.42. The van der Waals surface area contributed by atoms with E-state index >= 15 is 0 Å². The molecule has 0 bridgehead atoms. The molecule has 0 N–H and O–H groups in total. The summed E-state index contributed by atoms with van der Waals surface area (Å²) in [4.78, 5) is 25.7. The molecule has 1 aromatic carbocycles. The molecule has 146 valence electrons. The highest BCUT2D eigenvalue weighted by atomic mass is 19.4. The van der Waals surface area contributed by atoms with Gasteiger partial charge >= 0.3 is 6.18 Å². The van der Waals surface area contributed by atoms with Crippen molar-refractivity contribution in [3.05, 3.63) is 57.6 Å². The summed E-state index contributed by atoms with van der Waals surface area (Å²) in [6, 6.07) is 5.94. The van der Waals surface area contributed by atoms with Crippen molar-refractivity contribution in [3.63, 3.8) is 0 Å². The van der Waals surface area contributed by atoms with Crippen LogP contribution >= 0.6 is 0 Å². The molecular formula is C18H19F3N2O4. The van der Waals surface area contributed by atoms with Crippen LogP contribution in [0.25, 0.3) is 0 Å². The second kappa shape index (κ2) is 6.56. The number of amides is 1. The molecule has 27 heavy (non-hydrogen) atoms. The van der Waals surface area contributed by atoms with Gasteiger partial charge in [-0.25, -0.2) is 0 Å². The normalized spacial score (nSPS) is 19.9. The van der Waals surface area contributed by atoms with Gasteiger partial charge in [-0.1, -0.05) is 12.1 Å². The number of halogens is 3. The van der Waals surface area contributed by atoms with Gasteiger partial charge in [-0.3, -0.25) is 9.59 Å². The monoisotopic (exact) mass is 384 g/mol. The van der Waals surface area contributed by atoms with Gasteiger partial charge in [-0.2, -0.15) is 17.9 Å². The zero-order chi connectivity index (χ0) is 20.0. The molecule has 0 radical (unpaired) electrons. The molecule has 0 saturated carbocycles. The predicted molar refractivity (Wildman–Crippen MR) is 89.2 cm³/mol. The zero-order valence-electron chi connectivity index (χ0n) is 15.0. The predicted octanol–water partition coefficient (Wildman–Crippen LogP) is 2.99. The summed E-state index contributed by atoms with van der Waals surface area (Å²) in [5, 5.41) is 0. The lowest BCUT2D eigenvalue weighted by molar-refractivity contribution is -0.139. The maximum atomic E-state index is 13.0. The zero-order valence-corrected chi connectivity index (χ0v) is 15.0. The Balaban J connectivity index is 1.90. The Kier molecular flexibility index (Phi) is 4.67. The van der Waals surface area contributed by atoms with Gasteiger partial charge in [0.25, 0.3) is 11.5 Å². The van der Waals surface area contributed by atoms with Crippen molar-refractivity contribution in [2.24, 2.45) is 7.05 Å². The molecule has 9 heteroatoms. The van der Waals surface area contributed by atoms with Crippen molar-refractivity contribution in [2.45, 2.75) is 31.7 Å². The van der Waals surface area contributed by atoms with Crippen molar-refractivity contribution in [3.8, 4) is 0 Å². The van der Waals surface area contributed by atoms with Crippen LogP contribution in [0.5, 0.6) is 0 Å². The van der Waals surface area contributed by atoms with Crippen LogP contribution in [-0.2, 0) is 18.0 Å². The fraction of sp³-hybridized carbons (Fsp3) is 0.444. The highest BCUT2D eigenvalue weighted by molar-refractivity contribution is 5.91. The Labute approximate surface area is 153 Å². The van der Waals surface area contributed by atoms with E-state index in [0.717, 1.165) is 22.9 Å². The van der Waals surface area contributed by atoms with E-state index in [4.69, 9.17) is 9.26 Å². The van der Waals surface area contributed by atoms with Crippen LogP contribution in [0.3, 0.4) is 0 Å². The molecule has 2 heterocycles. The van der Waals surface area contributed by atoms with Crippen LogP contribution in [0.2, 0.25) is 0 Å². The summed E-state index contributed by atoms with van der Waals surface area (Å²) < 4.78 is 51.0. The van der Waals surface area contributed by atoms with Crippen LogP contribution in [0.4, 0.5) is 13.2 Å². The number of ether oxygens (including phenoxy) is 1. The van der Waals surface area contributed by atoms with Gasteiger partial charge in [0.1, 0.15) is 6.10 Å². The summed E-state index contributed by atoms with van der Waals surface area (Å²) in [6.45, 7) is 3.74. The maximum Gasteiger partial charge on any atom is 0.416 e. The Hall–Kier alpha value is -2.55. The topological polar surface area (TPSA) is 64.7 Å². The second-order valence-electron chi connectivity index (χ2n) is 7.11. The van der Waals surface area contributed by atoms with Crippen LogP contribution in [0.15, 0.2) is 39.6 Å². The number of aromatic nitrogens is 1. The summed E-state index contributed by atoms with van der Waals surface area (Å²) in [5.74, 6) is -0.635. The minimum absolute atomic E-state index is 0.0438. The molecule has 3 rings (SSSR count). The summed E-state index contributed by atoms with van der Waals surface area (Å²) in [6.07, 6.45) is -5.21. The standard InChI is InChI=1S/C18H19F3N2O4/c1-17(2)10-23(16(25)13-8-15(24)22(3)27-13)9-14(26-17)11-5-4-6-12(7-11)18(19,20)21/h4-8,14H,9-10H2,1-3H3/t14-/m1/s1. The van der Waals surface area contributed by atoms with Gasteiger partial charge in [0.05, 0.1) is 23.8 Å². The van der Waals surface area contributed by atoms with E-state index in [1.165, 1.54) is 24.1 Å². The van der Waals surface area contributed by atoms with Crippen LogP contribution in [0, 0.1) is 0 Å². The molecule has 6 nitrogen and oxygen atoms in total. The van der Waals surface area contributed by atoms with E-state index in [-0.39, 0.29) is 18.8 Å². The number of carbonyl (C=O) groups excluding carboxylic acids is 1. The molecule has 2 aromatic rings. The molecule has 1 aliphatic heterocycles. The molecule has 0 spiro atoms. The summed E-state index contributed by atoms with van der Waals surface area (Å²) in [7, 11) is 1.38. The van der Waals surface area contributed by atoms with Gasteiger partial charge in [-0.15, -0.1) is 0 Å². The quantitative estimate of drug-likeness (QED) is 0.799. The number of carbonyl (C=O) groups is 1. The van der Waals surface area contributed by atoms with Crippen LogP contribution in [0.1, 0.15) is 41.6 Å². The minimum atomic E-state index is -4.47. The van der Waals surface area contributed by atoms with Crippen molar-refractivity contribution < 1.29 is 27.2 Å². The number of hydrogen-bond acceptors (Lipinski definition) is 4. The number of rotatable bonds is 2. The first kappa shape index (κ1) is 19.2. The molecule has 1 saturated heterocycles. The highest BCUT2D eigenvalue weighted by Gasteiger charge is 2.38. The van der Waals surface area contributed by atoms with E-state index in [0.29, 0.717) is 5.56 Å². The lowest BCUT2D eigenvalue weighted by Crippen LogP contribution is -2.51. The Morgan fingerprint density at radius 2 is 1.96 bits per heavy atom. The first-order valence-electron chi connectivity index (χ1n) is 8.28. The van der Waals surface area contributed by atoms with Crippen LogP contribution < -0.4 is 5.56 Å². The maximum absolute atomic E-state index is 13.0. The molecule has 1 fully saturated rings. The molecule has 1 aromatic heterocycles. The third-order valence-corrected chi connectivity index (χ3v) is 4.30. The van der Waals surface area contributed by atoms with Gasteiger partial charge in [0, 0.05) is 13.6 Å². The number of alkyl halides is 3. The van der Waals surface area contributed by atoms with E-state index in [1.54, 1.807) is 13.8 Å². The van der Waals surface area contributed by atoms with E-state index in [9.17, 15) is 22.8 Å². The largest absolute Gasteiger partial charge is 0.416 e. The fourth-order valence-corrected chi connectivity index (χ4v) is 3.11. The Morgan fingerprint density at radius 3 is 2.56 bits per heavy atom. The third kappa shape index (κ3) is 4.08. The number of nitrogens with zero attached hydrogens (tertiary/aromatic N) is 2. The SMILES string of the molecule is Cn1oc(C(=O)N2C[C@H](c3cccc(C(F)(F)F)c3)OC(C)(C)C2)cc1=O. The van der Waals surface area contributed by atoms with Gasteiger partial charge in [-0.05, 0) is 31.5 Å². The molecule has 0 unspecified atom stereocenters. The van der Waals surface area contributed by atoms with E-state index < -0.39 is 34.9 Å². The van der Waals surface area contributed by atoms with Gasteiger partial charge < -0.3 is 14.2 Å². The molecule has 1 amide bonds. The van der Waals surface area contributed by atoms with Crippen molar-refractivity contribution in [2.75, 3.05) is 13.1 Å². The first-order chi connectivity index (χ1) is 12.5. The second-order valence-corrected chi connectivity index (χ2v) is 7.11. The lowest BCUT2D eigenvalue weighted by atomic mass is 9.99. The number of aryl methyl sites for hydroxylation is 1. The molecule has 0 aliphatic carbocycles. The molecule has 1 atom stereocenters. The third-order valence-electron chi connectivity index (χ3n) is 4.30. The fourth-order valence-electron chi connectivity index (χ4n) is 3.11. The summed E-state index contributed by atoms with van der Waals surface area (Å²) in [5.41, 5.74) is -1.70. The smallest absolute Gasteiger partial charge is 0.371 e. The Morgan fingerprint density at radius 1 is 1.26 bits per heavy atom. The summed E-state index contributed by atoms with van der Waals surface area (Å²) >= 11 is 0. The van der Waals surface area contributed by atoms with Gasteiger partial charge in [0.15, 0.2) is 0 Å². The van der Waals surface area contributed by atoms with Crippen LogP contribution in [-0.4, -0.2) is 34.2 Å². The number of morpholine rings is 1. The average Bonchev–Trinajstić information content (AvgIpc) is 2.91.